The smallest absolute Gasteiger partial charge is 0.321 e. The van der Waals surface area contributed by atoms with Gasteiger partial charge >= 0.3 is 5.97 Å². The summed E-state index contributed by atoms with van der Waals surface area (Å²) in [4.78, 5) is 21.4. The number of carboxylic acid groups (broad SMARTS) is 1. The third-order valence-electron chi connectivity index (χ3n) is 3.76. The van der Waals surface area contributed by atoms with Crippen LogP contribution in [0.15, 0.2) is 53.4 Å². The van der Waals surface area contributed by atoms with Gasteiger partial charge in [0.15, 0.2) is 4.90 Å². The van der Waals surface area contributed by atoms with Crippen molar-refractivity contribution in [1.29, 1.82) is 0 Å². The van der Waals surface area contributed by atoms with E-state index >= 15 is 0 Å². The van der Waals surface area contributed by atoms with Crippen molar-refractivity contribution < 1.29 is 23.2 Å². The van der Waals surface area contributed by atoms with Crippen molar-refractivity contribution in [2.24, 2.45) is 0 Å². The van der Waals surface area contributed by atoms with Gasteiger partial charge in [-0.15, -0.1) is 0 Å². The van der Waals surface area contributed by atoms with Crippen molar-refractivity contribution in [2.75, 3.05) is 12.0 Å². The minimum atomic E-state index is -4.39. The summed E-state index contributed by atoms with van der Waals surface area (Å²) < 4.78 is 27.2. The van der Waals surface area contributed by atoms with Crippen molar-refractivity contribution >= 4 is 33.4 Å². The van der Waals surface area contributed by atoms with Gasteiger partial charge in [-0.1, -0.05) is 36.4 Å². The Morgan fingerprint density at radius 2 is 1.89 bits per heavy atom. The van der Waals surface area contributed by atoms with E-state index in [1.54, 1.807) is 36.6 Å². The zero-order valence-electron chi connectivity index (χ0n) is 14.4. The summed E-state index contributed by atoms with van der Waals surface area (Å²) in [6, 6.07) is 11.2. The molecule has 0 saturated heterocycles. The molecule has 0 bridgehead atoms. The molecule has 144 valence electrons. The molecule has 0 radical (unpaired) electrons. The molecule has 2 aromatic rings. The van der Waals surface area contributed by atoms with E-state index < -0.39 is 37.5 Å². The summed E-state index contributed by atoms with van der Waals surface area (Å²) in [5, 5.41) is 20.6. The number of sulfonamides is 1. The minimum Gasteiger partial charge on any atom is -0.480 e. The number of rotatable bonds is 9. The predicted molar refractivity (Wildman–Crippen MR) is 103 cm³/mol. The van der Waals surface area contributed by atoms with Gasteiger partial charge in [0.1, 0.15) is 6.04 Å². The monoisotopic (exact) mass is 410 g/mol. The Labute approximate surface area is 160 Å². The third-order valence-corrected chi connectivity index (χ3v) is 5.92. The molecule has 0 saturated carbocycles. The number of hydrogen-bond acceptors (Lipinski definition) is 6. The molecule has 0 aliphatic heterocycles. The molecule has 0 aliphatic rings. The fourth-order valence-corrected chi connectivity index (χ4v) is 4.26. The molecular formula is C17H18N2O6S2. The number of nitro benzene ring substituents is 1. The van der Waals surface area contributed by atoms with E-state index in [1.165, 1.54) is 23.9 Å². The normalized spacial score (nSPS) is 12.5. The van der Waals surface area contributed by atoms with Crippen molar-refractivity contribution in [2.45, 2.75) is 17.4 Å². The number of carboxylic acids is 1. The Hall–Kier alpha value is -2.43. The van der Waals surface area contributed by atoms with Crippen LogP contribution >= 0.6 is 11.8 Å². The van der Waals surface area contributed by atoms with Crippen molar-refractivity contribution in [3.05, 3.63) is 58.6 Å². The second-order valence-corrected chi connectivity index (χ2v) is 8.27. The number of benzene rings is 2. The fraction of sp³-hybridized carbons (Fsp3) is 0.235. The van der Waals surface area contributed by atoms with Gasteiger partial charge in [-0.3, -0.25) is 14.9 Å². The van der Waals surface area contributed by atoms with Gasteiger partial charge in [0, 0.05) is 6.07 Å². The van der Waals surface area contributed by atoms with Gasteiger partial charge in [-0.2, -0.15) is 16.5 Å². The van der Waals surface area contributed by atoms with Crippen molar-refractivity contribution in [3.8, 4) is 11.1 Å². The van der Waals surface area contributed by atoms with Crippen LogP contribution in [0.4, 0.5) is 5.69 Å². The molecular weight excluding hydrogens is 392 g/mol. The maximum atomic E-state index is 12.6. The van der Waals surface area contributed by atoms with Crippen LogP contribution in [0.1, 0.15) is 6.42 Å². The molecule has 2 N–H and O–H groups in total. The second kappa shape index (κ2) is 8.98. The van der Waals surface area contributed by atoms with E-state index in [0.29, 0.717) is 16.9 Å². The molecule has 0 aliphatic carbocycles. The molecule has 10 heteroatoms. The Bertz CT molecular complexity index is 932. The number of nitrogens with one attached hydrogen (secondary N) is 1. The molecule has 0 fully saturated rings. The molecule has 8 nitrogen and oxygen atoms in total. The first-order valence-corrected chi connectivity index (χ1v) is 10.7. The van der Waals surface area contributed by atoms with Gasteiger partial charge in [0.25, 0.3) is 5.69 Å². The van der Waals surface area contributed by atoms with Gasteiger partial charge in [0.2, 0.25) is 10.0 Å². The van der Waals surface area contributed by atoms with E-state index in [2.05, 4.69) is 4.72 Å². The second-order valence-electron chi connectivity index (χ2n) is 5.60. The third kappa shape index (κ3) is 5.28. The molecule has 2 rings (SSSR count). The standard InChI is InChI=1S/C17H18N2O6S2/c1-26-10-9-14(17(20)21)18-27(24,25)16-8-7-13(11-15(16)19(22)23)12-5-3-2-4-6-12/h2-8,11,14,18H,9-10H2,1H3,(H,20,21)/t14-/m0/s1. The predicted octanol–water partition coefficient (Wildman–Crippen LogP) is 2.75. The van der Waals surface area contributed by atoms with Crippen molar-refractivity contribution in [1.82, 2.24) is 4.72 Å². The Morgan fingerprint density at radius 1 is 1.22 bits per heavy atom. The number of nitrogens with zero attached hydrogens (tertiary/aromatic N) is 1. The van der Waals surface area contributed by atoms with E-state index in [-0.39, 0.29) is 6.42 Å². The number of aliphatic carboxylic acids is 1. The van der Waals surface area contributed by atoms with Crippen LogP contribution in [0.25, 0.3) is 11.1 Å². The first kappa shape index (κ1) is 20.9. The summed E-state index contributed by atoms with van der Waals surface area (Å²) >= 11 is 1.37. The number of nitro groups is 1. The first-order valence-electron chi connectivity index (χ1n) is 7.84. The number of hydrogen-bond donors (Lipinski definition) is 2. The lowest BCUT2D eigenvalue weighted by atomic mass is 10.1. The Morgan fingerprint density at radius 3 is 2.44 bits per heavy atom. The molecule has 0 aromatic heterocycles. The van der Waals surface area contributed by atoms with E-state index in [9.17, 15) is 28.4 Å². The SMILES string of the molecule is CSCC[C@H](NS(=O)(=O)c1ccc(-c2ccccc2)cc1[N+](=O)[O-])C(=O)O. The van der Waals surface area contributed by atoms with Crippen LogP contribution in [-0.4, -0.2) is 42.5 Å². The number of thioether (sulfide) groups is 1. The molecule has 2 aromatic carbocycles. The van der Waals surface area contributed by atoms with E-state index in [0.717, 1.165) is 6.07 Å². The minimum absolute atomic E-state index is 0.0611. The van der Waals surface area contributed by atoms with E-state index in [1.807, 2.05) is 0 Å². The molecule has 0 amide bonds. The van der Waals surface area contributed by atoms with Crippen molar-refractivity contribution in [3.63, 3.8) is 0 Å². The van der Waals surface area contributed by atoms with Crippen LogP contribution in [0.3, 0.4) is 0 Å². The maximum Gasteiger partial charge on any atom is 0.321 e. The fourth-order valence-electron chi connectivity index (χ4n) is 2.42. The molecule has 27 heavy (non-hydrogen) atoms. The highest BCUT2D eigenvalue weighted by atomic mass is 32.2. The largest absolute Gasteiger partial charge is 0.480 e. The van der Waals surface area contributed by atoms with Crippen LogP contribution in [-0.2, 0) is 14.8 Å². The van der Waals surface area contributed by atoms with Crippen LogP contribution in [0.2, 0.25) is 0 Å². The molecule has 0 unspecified atom stereocenters. The molecule has 1 atom stereocenters. The number of carbonyl (C=O) groups is 1. The maximum absolute atomic E-state index is 12.6. The lowest BCUT2D eigenvalue weighted by molar-refractivity contribution is -0.387. The topological polar surface area (TPSA) is 127 Å². The quantitative estimate of drug-likeness (QED) is 0.481. The summed E-state index contributed by atoms with van der Waals surface area (Å²) in [7, 11) is -4.39. The summed E-state index contributed by atoms with van der Waals surface area (Å²) in [5.41, 5.74) is 0.567. The summed E-state index contributed by atoms with van der Waals surface area (Å²) in [6.45, 7) is 0. The highest BCUT2D eigenvalue weighted by molar-refractivity contribution is 7.98. The Balaban J connectivity index is 2.43. The lowest BCUT2D eigenvalue weighted by Gasteiger charge is -2.14. The van der Waals surface area contributed by atoms with Gasteiger partial charge in [-0.05, 0) is 35.6 Å². The van der Waals surface area contributed by atoms with Gasteiger partial charge in [-0.25, -0.2) is 8.42 Å². The van der Waals surface area contributed by atoms with E-state index in [4.69, 9.17) is 0 Å². The van der Waals surface area contributed by atoms with Crippen LogP contribution in [0, 0.1) is 10.1 Å². The average Bonchev–Trinajstić information content (AvgIpc) is 2.65. The summed E-state index contributed by atoms with van der Waals surface area (Å²) in [6.07, 6.45) is 1.83. The highest BCUT2D eigenvalue weighted by Crippen LogP contribution is 2.30. The lowest BCUT2D eigenvalue weighted by Crippen LogP contribution is -2.41. The zero-order chi connectivity index (χ0) is 20.0. The molecule has 0 spiro atoms. The van der Waals surface area contributed by atoms with Crippen LogP contribution in [0.5, 0.6) is 0 Å². The van der Waals surface area contributed by atoms with Gasteiger partial charge < -0.3 is 5.11 Å². The average molecular weight is 410 g/mol. The highest BCUT2D eigenvalue weighted by Gasteiger charge is 2.31. The van der Waals surface area contributed by atoms with Crippen LogP contribution < -0.4 is 4.72 Å². The van der Waals surface area contributed by atoms with Gasteiger partial charge in [0.05, 0.1) is 4.92 Å². The summed E-state index contributed by atoms with van der Waals surface area (Å²) in [5.74, 6) is -0.912. The zero-order valence-corrected chi connectivity index (χ0v) is 16.0. The first-order chi connectivity index (χ1) is 12.8. The Kier molecular flexibility index (Phi) is 6.94. The molecule has 0 heterocycles.